The molecule has 0 bridgehead atoms. The molecule has 110 heavy (non-hydrogen) atoms. The third-order valence-electron chi connectivity index (χ3n) is 21.7. The normalized spacial score (nSPS) is 18.2. The summed E-state index contributed by atoms with van der Waals surface area (Å²) in [5.41, 5.74) is 16.2. The van der Waals surface area contributed by atoms with Crippen LogP contribution < -0.4 is 0 Å². The Morgan fingerprint density at radius 3 is 1.24 bits per heavy atom. The molecule has 0 atom stereocenters. The Morgan fingerprint density at radius 2 is 0.827 bits per heavy atom. The van der Waals surface area contributed by atoms with Gasteiger partial charge in [0.2, 0.25) is 0 Å². The summed E-state index contributed by atoms with van der Waals surface area (Å²) in [4.78, 5) is 17.7. The largest absolute Gasteiger partial charge is 0.500 e. The number of furan rings is 2. The molecule has 2 radical (unpaired) electrons. The molecule has 0 N–H and O–H groups in total. The van der Waals surface area contributed by atoms with Crippen LogP contribution in [0.3, 0.4) is 0 Å². The van der Waals surface area contributed by atoms with E-state index < -0.39 is 52.9 Å². The number of rotatable bonds is 10. The SMILES string of the molecule is [2H]C([2H])([2H])c1c[c-]c(-c2cc(-c3c(C(C)C)cc(C(C)C)cc3C(C)C)c(C([2H])([2H])[2H])cn2)cc1.[2H]C([2H])([2H])c1c[c-]c(-c2cc(C)c(C([2H])([2H])[2H])cn2)cc1.[2H]C([2H])([2H])c1cnc(-c2[c-]ccc3c2oc2c4ccccc4ccc32)cc1C1([2H])CCC(C)(C)CC1.[2H]C([2H])([2H])c1cnc(-c2[c-]ccc3c2oc2c4ccccc4ccc32)cc1C1([2H])CCC(C)(C)CC1.[Ir].[Ir]. The van der Waals surface area contributed by atoms with Crippen molar-refractivity contribution >= 4 is 65.4 Å². The summed E-state index contributed by atoms with van der Waals surface area (Å²) in [6, 6.07) is 65.6. The van der Waals surface area contributed by atoms with Crippen molar-refractivity contribution in [2.45, 2.75) is 198 Å². The number of hydrogen-bond acceptors (Lipinski definition) is 6. The molecule has 2 fully saturated rings. The molecule has 0 saturated heterocycles. The van der Waals surface area contributed by atoms with Gasteiger partial charge < -0.3 is 28.8 Å². The summed E-state index contributed by atoms with van der Waals surface area (Å²) < 4.78 is 172. The predicted octanol–water partition coefficient (Wildman–Crippen LogP) is 28.9. The third-order valence-corrected chi connectivity index (χ3v) is 21.7. The maximum absolute atomic E-state index is 9.35. The monoisotopic (exact) mass is 1820 g/mol. The Hall–Kier alpha value is -9.00. The molecule has 6 heterocycles. The van der Waals surface area contributed by atoms with Crippen LogP contribution in [0.4, 0.5) is 0 Å². The van der Waals surface area contributed by atoms with Crippen LogP contribution in [0.5, 0.6) is 0 Å². The van der Waals surface area contributed by atoms with Crippen LogP contribution in [0.15, 0.2) is 203 Å². The average molecular weight is 1820 g/mol. The molecule has 0 aliphatic heterocycles. The van der Waals surface area contributed by atoms with E-state index in [1.807, 2.05) is 66.7 Å². The van der Waals surface area contributed by atoms with E-state index in [-0.39, 0.29) is 96.3 Å². The van der Waals surface area contributed by atoms with Gasteiger partial charge in [0.05, 0.1) is 11.2 Å². The average Bonchev–Trinajstić information content (AvgIpc) is 1.53. The standard InChI is InChI=1S/2C30H28NO.C28H34N.C14H14N.2Ir/c2*1-19-18-31-27(17-26(19)21-13-15-30(2,3)16-14-21)25-10-6-9-23-24-12-11-20-7-4-5-8-22(20)28(24)32-29(23)25;1-17(2)23-13-24(18(3)4)28(25(14-23)19(5)6)26-15-27(29-16-21(26)8)22-11-9-20(7)10-12-22;1-10-4-6-13(7-5-10)14-8-11(2)12(3)9-15-14;;/h2*4-9,11-12,17-18,21H,13-16H2,1-3H3;9-11,13-19H,1-8H3;4-6,8-9H,1-3H3;;/q4*-1;;/i2*1D3,21D;7D3,8D3;1D3,3D3;;. The van der Waals surface area contributed by atoms with Crippen LogP contribution >= 0.6 is 0 Å². The van der Waals surface area contributed by atoms with Crippen LogP contribution in [0.2, 0.25) is 0 Å². The maximum Gasteiger partial charge on any atom is 0.128 e. The van der Waals surface area contributed by atoms with Crippen molar-refractivity contribution in [3.63, 3.8) is 0 Å². The van der Waals surface area contributed by atoms with Gasteiger partial charge in [0.15, 0.2) is 0 Å². The van der Waals surface area contributed by atoms with E-state index in [1.165, 1.54) is 48.5 Å². The fraction of sp³-hybridized carbons (Fsp3) is 0.314. The molecular weight excluding hydrogens is 1700 g/mol. The second-order valence-corrected chi connectivity index (χ2v) is 31.5. The van der Waals surface area contributed by atoms with Crippen LogP contribution in [-0.2, 0) is 40.2 Å². The second kappa shape index (κ2) is 33.9. The smallest absolute Gasteiger partial charge is 0.128 e. The zero-order chi connectivity index (χ0) is 92.7. The molecule has 2 aliphatic rings. The van der Waals surface area contributed by atoms with Gasteiger partial charge in [0, 0.05) is 114 Å². The number of fused-ring (bicyclic) bond motifs is 10. The molecular formula is C102H104Ir2N4O2-4. The maximum atomic E-state index is 9.35. The Bertz CT molecular complexity index is 6360. The quantitative estimate of drug-likeness (QED) is 0.127. The van der Waals surface area contributed by atoms with E-state index in [2.05, 4.69) is 174 Å². The van der Waals surface area contributed by atoms with Crippen LogP contribution in [0.25, 0.3) is 122 Å². The Morgan fingerprint density at radius 1 is 0.409 bits per heavy atom. The number of aryl methyl sites for hydroxylation is 7. The first-order valence-electron chi connectivity index (χ1n) is 47.5. The van der Waals surface area contributed by atoms with Crippen molar-refractivity contribution in [1.82, 2.24) is 19.9 Å². The minimum Gasteiger partial charge on any atom is -0.500 e. The Balaban J connectivity index is 0.000000159. The first kappa shape index (κ1) is 58.0. The van der Waals surface area contributed by atoms with Crippen molar-refractivity contribution in [3.8, 4) is 56.2 Å². The molecule has 8 heteroatoms. The number of benzene rings is 9. The van der Waals surface area contributed by atoms with Gasteiger partial charge in [-0.3, -0.25) is 0 Å². The van der Waals surface area contributed by atoms with E-state index in [9.17, 15) is 2.74 Å². The van der Waals surface area contributed by atoms with Gasteiger partial charge >= 0.3 is 0 Å². The minimum atomic E-state index is -2.34. The zero-order valence-electron chi connectivity index (χ0n) is 84.1. The van der Waals surface area contributed by atoms with Gasteiger partial charge in [-0.05, 0) is 221 Å². The molecule has 0 amide bonds. The summed E-state index contributed by atoms with van der Waals surface area (Å²) in [7, 11) is 0. The van der Waals surface area contributed by atoms with E-state index in [4.69, 9.17) is 33.5 Å². The van der Waals surface area contributed by atoms with Gasteiger partial charge in [-0.25, -0.2) is 0 Å². The summed E-state index contributed by atoms with van der Waals surface area (Å²) in [5.74, 6) is -1.20. The molecule has 17 rings (SSSR count). The van der Waals surface area contributed by atoms with Gasteiger partial charge in [-0.2, -0.15) is 0 Å². The first-order valence-corrected chi connectivity index (χ1v) is 37.5. The molecule has 15 aromatic rings. The van der Waals surface area contributed by atoms with Crippen LogP contribution in [0.1, 0.15) is 244 Å². The topological polar surface area (TPSA) is 77.8 Å². The second-order valence-electron chi connectivity index (χ2n) is 31.5. The molecule has 566 valence electrons. The van der Waals surface area contributed by atoms with Crippen molar-refractivity contribution in [3.05, 3.63) is 286 Å². The molecule has 9 aromatic carbocycles. The summed E-state index contributed by atoms with van der Waals surface area (Å²) in [6.07, 6.45) is 11.7. The summed E-state index contributed by atoms with van der Waals surface area (Å²) >= 11 is 0. The summed E-state index contributed by atoms with van der Waals surface area (Å²) in [6.45, 7) is 9.86. The van der Waals surface area contributed by atoms with E-state index in [1.54, 1.807) is 31.2 Å². The number of aromatic nitrogens is 4. The number of pyridine rings is 4. The van der Waals surface area contributed by atoms with E-state index in [0.29, 0.717) is 110 Å². The van der Waals surface area contributed by atoms with Crippen molar-refractivity contribution in [1.29, 1.82) is 0 Å². The number of hydrogen-bond donors (Lipinski definition) is 0. The molecule has 0 spiro atoms. The molecule has 2 aliphatic carbocycles. The molecule has 2 saturated carbocycles. The van der Waals surface area contributed by atoms with Gasteiger partial charge in [0.1, 0.15) is 11.2 Å². The molecule has 0 unspecified atom stereocenters. The van der Waals surface area contributed by atoms with Gasteiger partial charge in [-0.15, -0.1) is 107 Å². The fourth-order valence-corrected chi connectivity index (χ4v) is 15.0. The van der Waals surface area contributed by atoms with E-state index in [0.717, 1.165) is 96.6 Å². The Labute approximate surface area is 708 Å². The van der Waals surface area contributed by atoms with E-state index >= 15 is 0 Å². The van der Waals surface area contributed by atoms with Crippen LogP contribution in [0, 0.1) is 83.1 Å². The Kier molecular flexibility index (Phi) is 17.9. The number of nitrogens with zero attached hydrogens (tertiary/aromatic N) is 4. The predicted molar refractivity (Wildman–Crippen MR) is 454 cm³/mol. The summed E-state index contributed by atoms with van der Waals surface area (Å²) in [5, 5.41) is 8.26. The zero-order valence-corrected chi connectivity index (χ0v) is 68.9. The molecule has 6 nitrogen and oxygen atoms in total. The van der Waals surface area contributed by atoms with Crippen molar-refractivity contribution < 1.29 is 76.5 Å². The molecule has 6 aromatic heterocycles. The van der Waals surface area contributed by atoms with Gasteiger partial charge in [-0.1, -0.05) is 220 Å². The first-order chi connectivity index (χ1) is 59.8. The van der Waals surface area contributed by atoms with Crippen LogP contribution in [-0.4, -0.2) is 19.9 Å². The fourth-order valence-electron chi connectivity index (χ4n) is 15.0. The van der Waals surface area contributed by atoms with Crippen molar-refractivity contribution in [2.75, 3.05) is 0 Å². The third kappa shape index (κ3) is 17.2. The van der Waals surface area contributed by atoms with Gasteiger partial charge in [0.25, 0.3) is 0 Å². The van der Waals surface area contributed by atoms with Crippen molar-refractivity contribution in [2.24, 2.45) is 10.8 Å². The minimum absolute atomic E-state index is 0.